The van der Waals surface area contributed by atoms with Crippen molar-refractivity contribution in [1.29, 1.82) is 0 Å². The van der Waals surface area contributed by atoms with E-state index in [0.717, 1.165) is 0 Å². The summed E-state index contributed by atoms with van der Waals surface area (Å²) in [6, 6.07) is 4.30. The summed E-state index contributed by atoms with van der Waals surface area (Å²) in [7, 11) is -3.46. The van der Waals surface area contributed by atoms with Crippen LogP contribution in [0.15, 0.2) is 18.2 Å². The standard InChI is InChI=1S/C11H15ClFNO2S/c1-11(2,14)7-17(15,16)6-8-4-3-5-9(12)10(8)13/h3-5H,6-7,14H2,1-2H3. The summed E-state index contributed by atoms with van der Waals surface area (Å²) in [5, 5.41) is -0.0790. The van der Waals surface area contributed by atoms with Crippen molar-refractivity contribution in [3.8, 4) is 0 Å². The minimum atomic E-state index is -3.46. The van der Waals surface area contributed by atoms with Crippen molar-refractivity contribution in [2.24, 2.45) is 5.73 Å². The van der Waals surface area contributed by atoms with Crippen molar-refractivity contribution in [2.45, 2.75) is 25.1 Å². The Balaban J connectivity index is 2.95. The van der Waals surface area contributed by atoms with Crippen LogP contribution in [0.5, 0.6) is 0 Å². The van der Waals surface area contributed by atoms with Crippen LogP contribution in [0.2, 0.25) is 5.02 Å². The Morgan fingerprint density at radius 1 is 1.41 bits per heavy atom. The molecule has 96 valence electrons. The normalized spacial score (nSPS) is 12.8. The number of nitrogens with two attached hydrogens (primary N) is 1. The van der Waals surface area contributed by atoms with E-state index in [1.54, 1.807) is 13.8 Å². The molecule has 6 heteroatoms. The average Bonchev–Trinajstić information content (AvgIpc) is 2.08. The fourth-order valence-corrected chi connectivity index (χ4v) is 3.64. The Labute approximate surface area is 106 Å². The highest BCUT2D eigenvalue weighted by Crippen LogP contribution is 2.20. The Bertz CT molecular complexity index is 509. The Kier molecular flexibility index (Phi) is 4.17. The topological polar surface area (TPSA) is 60.2 Å². The maximum absolute atomic E-state index is 13.5. The summed E-state index contributed by atoms with van der Waals surface area (Å²) in [6.45, 7) is 3.22. The van der Waals surface area contributed by atoms with Crippen molar-refractivity contribution in [3.05, 3.63) is 34.6 Å². The highest BCUT2D eigenvalue weighted by atomic mass is 35.5. The summed E-state index contributed by atoms with van der Waals surface area (Å²) in [4.78, 5) is 0. The lowest BCUT2D eigenvalue weighted by Crippen LogP contribution is -2.40. The van der Waals surface area contributed by atoms with Gasteiger partial charge in [0.2, 0.25) is 0 Å². The first-order valence-corrected chi connectivity index (χ1v) is 7.23. The van der Waals surface area contributed by atoms with Gasteiger partial charge < -0.3 is 5.73 Å². The third kappa shape index (κ3) is 4.61. The van der Waals surface area contributed by atoms with Gasteiger partial charge in [-0.3, -0.25) is 0 Å². The van der Waals surface area contributed by atoms with Crippen molar-refractivity contribution < 1.29 is 12.8 Å². The van der Waals surface area contributed by atoms with Gasteiger partial charge in [0.1, 0.15) is 5.82 Å². The minimum absolute atomic E-state index is 0.0711. The van der Waals surface area contributed by atoms with Crippen molar-refractivity contribution in [1.82, 2.24) is 0 Å². The van der Waals surface area contributed by atoms with Crippen LogP contribution in [-0.2, 0) is 15.6 Å². The molecule has 0 amide bonds. The molecule has 0 heterocycles. The molecule has 17 heavy (non-hydrogen) atoms. The molecular weight excluding hydrogens is 265 g/mol. The molecule has 1 aromatic carbocycles. The molecule has 1 rings (SSSR count). The smallest absolute Gasteiger partial charge is 0.156 e. The Morgan fingerprint density at radius 3 is 2.53 bits per heavy atom. The molecule has 0 aliphatic carbocycles. The first-order valence-electron chi connectivity index (χ1n) is 5.03. The summed E-state index contributed by atoms with van der Waals surface area (Å²) in [5.74, 6) is -1.28. The quantitative estimate of drug-likeness (QED) is 0.918. The highest BCUT2D eigenvalue weighted by Gasteiger charge is 2.23. The molecule has 0 aliphatic heterocycles. The van der Waals surface area contributed by atoms with Gasteiger partial charge in [0.15, 0.2) is 9.84 Å². The van der Waals surface area contributed by atoms with Gasteiger partial charge in [-0.15, -0.1) is 0 Å². The number of halogens is 2. The SMILES string of the molecule is CC(C)(N)CS(=O)(=O)Cc1cccc(Cl)c1F. The zero-order chi connectivity index (χ0) is 13.3. The molecule has 1 aromatic rings. The summed E-state index contributed by atoms with van der Waals surface area (Å²) >= 11 is 5.58. The summed E-state index contributed by atoms with van der Waals surface area (Å²) < 4.78 is 37.1. The third-order valence-electron chi connectivity index (χ3n) is 2.00. The van der Waals surface area contributed by atoms with E-state index >= 15 is 0 Å². The fourth-order valence-electron chi connectivity index (χ4n) is 1.51. The molecule has 0 aliphatic rings. The van der Waals surface area contributed by atoms with Gasteiger partial charge in [0, 0.05) is 11.1 Å². The largest absolute Gasteiger partial charge is 0.325 e. The maximum Gasteiger partial charge on any atom is 0.156 e. The molecule has 0 saturated carbocycles. The van der Waals surface area contributed by atoms with Gasteiger partial charge in [-0.05, 0) is 19.9 Å². The number of benzene rings is 1. The molecule has 0 bridgehead atoms. The molecular formula is C11H15ClFNO2S. The second-order valence-corrected chi connectivity index (χ2v) is 7.21. The van der Waals surface area contributed by atoms with E-state index in [1.807, 2.05) is 0 Å². The number of sulfone groups is 1. The molecule has 0 saturated heterocycles. The average molecular weight is 280 g/mol. The van der Waals surface area contributed by atoms with Gasteiger partial charge in [0.05, 0.1) is 16.5 Å². The monoisotopic (exact) mass is 279 g/mol. The zero-order valence-electron chi connectivity index (χ0n) is 9.70. The van der Waals surface area contributed by atoms with Crippen LogP contribution in [0, 0.1) is 5.82 Å². The van der Waals surface area contributed by atoms with Crippen molar-refractivity contribution in [2.75, 3.05) is 5.75 Å². The molecule has 0 atom stereocenters. The van der Waals surface area contributed by atoms with E-state index in [9.17, 15) is 12.8 Å². The van der Waals surface area contributed by atoms with Gasteiger partial charge in [0.25, 0.3) is 0 Å². The fraction of sp³-hybridized carbons (Fsp3) is 0.455. The third-order valence-corrected chi connectivity index (χ3v) is 4.23. The predicted molar refractivity (Wildman–Crippen MR) is 67.2 cm³/mol. The van der Waals surface area contributed by atoms with Gasteiger partial charge in [-0.1, -0.05) is 23.7 Å². The van der Waals surface area contributed by atoms with E-state index in [2.05, 4.69) is 0 Å². The molecule has 0 fully saturated rings. The molecule has 0 unspecified atom stereocenters. The lowest BCUT2D eigenvalue weighted by Gasteiger charge is -2.18. The molecule has 3 nitrogen and oxygen atoms in total. The Morgan fingerprint density at radius 2 is 2.00 bits per heavy atom. The second kappa shape index (κ2) is 4.92. The van der Waals surface area contributed by atoms with E-state index < -0.39 is 21.2 Å². The van der Waals surface area contributed by atoms with Gasteiger partial charge in [-0.2, -0.15) is 0 Å². The predicted octanol–water partition coefficient (Wildman–Crippen LogP) is 2.13. The van der Waals surface area contributed by atoms with Crippen LogP contribution >= 0.6 is 11.6 Å². The number of rotatable bonds is 4. The van der Waals surface area contributed by atoms with Gasteiger partial charge >= 0.3 is 0 Å². The molecule has 0 radical (unpaired) electrons. The number of hydrogen-bond donors (Lipinski definition) is 1. The van der Waals surface area contributed by atoms with E-state index in [1.165, 1.54) is 18.2 Å². The van der Waals surface area contributed by atoms with E-state index in [-0.39, 0.29) is 22.1 Å². The zero-order valence-corrected chi connectivity index (χ0v) is 11.3. The van der Waals surface area contributed by atoms with Gasteiger partial charge in [-0.25, -0.2) is 12.8 Å². The highest BCUT2D eigenvalue weighted by molar-refractivity contribution is 7.90. The molecule has 2 N–H and O–H groups in total. The van der Waals surface area contributed by atoms with Crippen LogP contribution in [0.3, 0.4) is 0 Å². The van der Waals surface area contributed by atoms with Crippen molar-refractivity contribution >= 4 is 21.4 Å². The van der Waals surface area contributed by atoms with E-state index in [0.29, 0.717) is 0 Å². The van der Waals surface area contributed by atoms with Crippen molar-refractivity contribution in [3.63, 3.8) is 0 Å². The van der Waals surface area contributed by atoms with E-state index in [4.69, 9.17) is 17.3 Å². The number of hydrogen-bond acceptors (Lipinski definition) is 3. The van der Waals surface area contributed by atoms with Crippen LogP contribution in [0.1, 0.15) is 19.4 Å². The molecule has 0 aromatic heterocycles. The maximum atomic E-state index is 13.5. The first kappa shape index (κ1) is 14.4. The van der Waals surface area contributed by atoms with Crippen LogP contribution in [0.4, 0.5) is 4.39 Å². The van der Waals surface area contributed by atoms with Crippen LogP contribution in [0.25, 0.3) is 0 Å². The Hall–Kier alpha value is -0.650. The van der Waals surface area contributed by atoms with Crippen LogP contribution in [-0.4, -0.2) is 19.7 Å². The summed E-state index contributed by atoms with van der Waals surface area (Å²) in [5.41, 5.74) is 4.88. The van der Waals surface area contributed by atoms with Crippen LogP contribution < -0.4 is 5.73 Å². The summed E-state index contributed by atoms with van der Waals surface area (Å²) in [6.07, 6.45) is 0. The first-order chi connectivity index (χ1) is 7.61. The lowest BCUT2D eigenvalue weighted by atomic mass is 10.1. The minimum Gasteiger partial charge on any atom is -0.325 e. The lowest BCUT2D eigenvalue weighted by molar-refractivity contribution is 0.542. The second-order valence-electron chi connectivity index (χ2n) is 4.73. The molecule has 0 spiro atoms.